The lowest BCUT2D eigenvalue weighted by atomic mass is 9.98. The Bertz CT molecular complexity index is 1160. The van der Waals surface area contributed by atoms with E-state index in [0.29, 0.717) is 17.9 Å². The van der Waals surface area contributed by atoms with Crippen LogP contribution in [0.1, 0.15) is 54.9 Å². The van der Waals surface area contributed by atoms with E-state index < -0.39 is 18.1 Å². The van der Waals surface area contributed by atoms with Gasteiger partial charge in [-0.3, -0.25) is 0 Å². The lowest BCUT2D eigenvalue weighted by molar-refractivity contribution is -0.139. The van der Waals surface area contributed by atoms with Crippen molar-refractivity contribution >= 4 is 35.2 Å². The largest absolute Gasteiger partial charge is 0.480 e. The normalized spacial score (nSPS) is 13.7. The summed E-state index contributed by atoms with van der Waals surface area (Å²) in [4.78, 5) is 28.9. The number of alkyl carbamates (subject to hydrolysis) is 1. The van der Waals surface area contributed by atoms with Gasteiger partial charge in [0.05, 0.1) is 10.7 Å². The van der Waals surface area contributed by atoms with Crippen LogP contribution in [-0.4, -0.2) is 40.6 Å². The number of carboxylic acids is 1. The number of carboxylic acid groups (broad SMARTS) is 1. The molecule has 0 radical (unpaired) electrons. The van der Waals surface area contributed by atoms with E-state index in [1.807, 2.05) is 36.4 Å². The van der Waals surface area contributed by atoms with Gasteiger partial charge in [0.15, 0.2) is 0 Å². The van der Waals surface area contributed by atoms with Crippen LogP contribution < -0.4 is 5.32 Å². The first-order valence-corrected chi connectivity index (χ1v) is 13.6. The zero-order chi connectivity index (χ0) is 25.0. The minimum absolute atomic E-state index is 0.0227. The standard InChI is InChI=1S/C27H30N2O4S2/c1-27(2,3)25-28-17(16-35-25)15-34-13-12-23(24(30)31)29-26(32)33-14-22-20-10-6-4-8-18(20)19-9-5-7-11-21(19)22/h4-11,16,22-23H,12-15H2,1-3H3,(H,29,32)(H,30,31). The van der Waals surface area contributed by atoms with E-state index in [4.69, 9.17) is 4.74 Å². The smallest absolute Gasteiger partial charge is 0.407 e. The Morgan fingerprint density at radius 3 is 2.31 bits per heavy atom. The summed E-state index contributed by atoms with van der Waals surface area (Å²) in [6, 6.07) is 15.2. The molecule has 1 unspecified atom stereocenters. The lowest BCUT2D eigenvalue weighted by Gasteiger charge is -2.17. The Labute approximate surface area is 214 Å². The zero-order valence-electron chi connectivity index (χ0n) is 20.1. The first-order chi connectivity index (χ1) is 16.7. The number of aromatic nitrogens is 1. The molecule has 2 N–H and O–H groups in total. The molecule has 0 fully saturated rings. The van der Waals surface area contributed by atoms with E-state index in [-0.39, 0.29) is 17.9 Å². The highest BCUT2D eigenvalue weighted by Gasteiger charge is 2.29. The third-order valence-electron chi connectivity index (χ3n) is 5.93. The Morgan fingerprint density at radius 1 is 1.11 bits per heavy atom. The Balaban J connectivity index is 1.27. The molecule has 3 aromatic rings. The van der Waals surface area contributed by atoms with Gasteiger partial charge in [0, 0.05) is 22.5 Å². The fourth-order valence-electron chi connectivity index (χ4n) is 4.14. The predicted molar refractivity (Wildman–Crippen MR) is 141 cm³/mol. The van der Waals surface area contributed by atoms with Crippen LogP contribution >= 0.6 is 23.1 Å². The van der Waals surface area contributed by atoms with Crippen molar-refractivity contribution in [2.24, 2.45) is 0 Å². The van der Waals surface area contributed by atoms with E-state index in [9.17, 15) is 14.7 Å². The highest BCUT2D eigenvalue weighted by molar-refractivity contribution is 7.98. The quantitative estimate of drug-likeness (QED) is 0.341. The molecule has 2 aromatic carbocycles. The third-order valence-corrected chi connectivity index (χ3v) is 8.27. The Kier molecular flexibility index (Phi) is 7.82. The molecule has 8 heteroatoms. The average molecular weight is 511 g/mol. The molecule has 35 heavy (non-hydrogen) atoms. The van der Waals surface area contributed by atoms with E-state index >= 15 is 0 Å². The number of aliphatic carboxylic acids is 1. The summed E-state index contributed by atoms with van der Waals surface area (Å²) in [7, 11) is 0. The van der Waals surface area contributed by atoms with Crippen LogP contribution in [0, 0.1) is 0 Å². The predicted octanol–water partition coefficient (Wildman–Crippen LogP) is 6.06. The van der Waals surface area contributed by atoms with E-state index in [2.05, 4.69) is 48.6 Å². The van der Waals surface area contributed by atoms with Gasteiger partial charge in [-0.15, -0.1) is 11.3 Å². The second-order valence-corrected chi connectivity index (χ2v) is 11.6. The van der Waals surface area contributed by atoms with Crippen LogP contribution in [0.3, 0.4) is 0 Å². The van der Waals surface area contributed by atoms with Crippen molar-refractivity contribution in [2.75, 3.05) is 12.4 Å². The summed E-state index contributed by atoms with van der Waals surface area (Å²) in [5, 5.41) is 15.2. The summed E-state index contributed by atoms with van der Waals surface area (Å²) in [5.74, 6) is 0.165. The molecule has 184 valence electrons. The number of carbonyl (C=O) groups excluding carboxylic acids is 1. The number of benzene rings is 2. The lowest BCUT2D eigenvalue weighted by Crippen LogP contribution is -2.41. The summed E-state index contributed by atoms with van der Waals surface area (Å²) in [6.45, 7) is 6.56. The van der Waals surface area contributed by atoms with Gasteiger partial charge in [-0.25, -0.2) is 14.6 Å². The molecule has 0 saturated carbocycles. The number of carbonyl (C=O) groups is 2. The summed E-state index contributed by atoms with van der Waals surface area (Å²) in [6.07, 6.45) is -0.404. The van der Waals surface area contributed by atoms with Gasteiger partial charge in [0.2, 0.25) is 0 Å². The summed E-state index contributed by atoms with van der Waals surface area (Å²) < 4.78 is 5.50. The first-order valence-electron chi connectivity index (χ1n) is 11.6. The molecule has 6 nitrogen and oxygen atoms in total. The molecule has 0 spiro atoms. The molecule has 1 amide bonds. The maximum absolute atomic E-state index is 12.5. The van der Waals surface area contributed by atoms with Crippen LogP contribution in [0.15, 0.2) is 53.9 Å². The Hall–Kier alpha value is -2.84. The summed E-state index contributed by atoms with van der Waals surface area (Å²) in [5.41, 5.74) is 5.55. The van der Waals surface area contributed by atoms with Gasteiger partial charge in [0.25, 0.3) is 0 Å². The topological polar surface area (TPSA) is 88.5 Å². The number of thioether (sulfide) groups is 1. The molecule has 1 aliphatic rings. The van der Waals surface area contributed by atoms with Crippen molar-refractivity contribution in [3.63, 3.8) is 0 Å². The minimum atomic E-state index is -1.07. The summed E-state index contributed by atoms with van der Waals surface area (Å²) >= 11 is 3.26. The molecular formula is C27H30N2O4S2. The fraction of sp³-hybridized carbons (Fsp3) is 0.370. The van der Waals surface area contributed by atoms with Crippen LogP contribution in [0.5, 0.6) is 0 Å². The van der Waals surface area contributed by atoms with Crippen molar-refractivity contribution in [3.8, 4) is 11.1 Å². The van der Waals surface area contributed by atoms with Gasteiger partial charge in [-0.2, -0.15) is 11.8 Å². The number of fused-ring (bicyclic) bond motifs is 3. The van der Waals surface area contributed by atoms with E-state index in [1.54, 1.807) is 23.1 Å². The zero-order valence-corrected chi connectivity index (χ0v) is 21.7. The van der Waals surface area contributed by atoms with Crippen molar-refractivity contribution in [1.29, 1.82) is 0 Å². The average Bonchev–Trinajstić information content (AvgIpc) is 3.43. The van der Waals surface area contributed by atoms with Gasteiger partial charge in [-0.05, 0) is 34.4 Å². The van der Waals surface area contributed by atoms with Crippen LogP contribution in [0.4, 0.5) is 4.79 Å². The van der Waals surface area contributed by atoms with Crippen molar-refractivity contribution in [1.82, 2.24) is 10.3 Å². The molecule has 0 bridgehead atoms. The maximum atomic E-state index is 12.5. The maximum Gasteiger partial charge on any atom is 0.407 e. The number of hydrogen-bond donors (Lipinski definition) is 2. The molecule has 0 aliphatic heterocycles. The van der Waals surface area contributed by atoms with Crippen molar-refractivity contribution in [2.45, 2.75) is 50.3 Å². The highest BCUT2D eigenvalue weighted by atomic mass is 32.2. The second-order valence-electron chi connectivity index (χ2n) is 9.60. The third kappa shape index (κ3) is 6.05. The number of amides is 1. The highest BCUT2D eigenvalue weighted by Crippen LogP contribution is 2.44. The molecule has 1 aromatic heterocycles. The van der Waals surface area contributed by atoms with Crippen LogP contribution in [0.2, 0.25) is 0 Å². The number of hydrogen-bond acceptors (Lipinski definition) is 6. The molecule has 0 saturated heterocycles. The monoisotopic (exact) mass is 510 g/mol. The van der Waals surface area contributed by atoms with Crippen molar-refractivity contribution in [3.05, 3.63) is 75.7 Å². The molecule has 1 aliphatic carbocycles. The molecule has 4 rings (SSSR count). The number of nitrogens with one attached hydrogen (secondary N) is 1. The van der Waals surface area contributed by atoms with Crippen LogP contribution in [0.25, 0.3) is 11.1 Å². The van der Waals surface area contributed by atoms with Crippen molar-refractivity contribution < 1.29 is 19.4 Å². The van der Waals surface area contributed by atoms with E-state index in [1.165, 1.54) is 0 Å². The number of thiazole rings is 1. The Morgan fingerprint density at radius 2 is 1.74 bits per heavy atom. The van der Waals surface area contributed by atoms with Gasteiger partial charge >= 0.3 is 12.1 Å². The number of ether oxygens (including phenoxy) is 1. The molecular weight excluding hydrogens is 480 g/mol. The molecule has 1 atom stereocenters. The van der Waals surface area contributed by atoms with Gasteiger partial charge in [-0.1, -0.05) is 69.3 Å². The van der Waals surface area contributed by atoms with Crippen LogP contribution in [-0.2, 0) is 20.7 Å². The molecule has 1 heterocycles. The number of rotatable bonds is 9. The minimum Gasteiger partial charge on any atom is -0.480 e. The van der Waals surface area contributed by atoms with Gasteiger partial charge in [0.1, 0.15) is 12.6 Å². The van der Waals surface area contributed by atoms with Gasteiger partial charge < -0.3 is 15.2 Å². The number of nitrogens with zero attached hydrogens (tertiary/aromatic N) is 1. The SMILES string of the molecule is CC(C)(C)c1nc(CSCCC(NC(=O)OCC2c3ccccc3-c3ccccc32)C(=O)O)cs1. The first kappa shape index (κ1) is 25.3. The second kappa shape index (κ2) is 10.8. The fourth-order valence-corrected chi connectivity index (χ4v) is 6.05. The van der Waals surface area contributed by atoms with E-state index in [0.717, 1.165) is 33.0 Å².